The van der Waals surface area contributed by atoms with Gasteiger partial charge in [-0.3, -0.25) is 9.59 Å². The largest absolute Gasteiger partial charge is 0.495 e. The van der Waals surface area contributed by atoms with Crippen LogP contribution in [0, 0.1) is 0 Å². The van der Waals surface area contributed by atoms with E-state index in [9.17, 15) is 9.59 Å². The highest BCUT2D eigenvalue weighted by Gasteiger charge is 2.34. The number of amides is 1. The maximum absolute atomic E-state index is 12.4. The molecular weight excluding hydrogens is 381 g/mol. The summed E-state index contributed by atoms with van der Waals surface area (Å²) in [5.74, 6) is -1.25. The van der Waals surface area contributed by atoms with Gasteiger partial charge < -0.3 is 19.9 Å². The van der Waals surface area contributed by atoms with Crippen LogP contribution in [-0.4, -0.2) is 30.2 Å². The molecule has 2 aromatic rings. The van der Waals surface area contributed by atoms with E-state index in [1.807, 2.05) is 0 Å². The second kappa shape index (κ2) is 7.53. The molecule has 0 radical (unpaired) electrons. The molecule has 1 heterocycles. The van der Waals surface area contributed by atoms with Crippen molar-refractivity contribution in [3.05, 3.63) is 57.6 Å². The van der Waals surface area contributed by atoms with Gasteiger partial charge in [0, 0.05) is 21.8 Å². The topological polar surface area (TPSA) is 84.9 Å². The molecule has 6 nitrogen and oxygen atoms in total. The molecule has 1 aliphatic heterocycles. The summed E-state index contributed by atoms with van der Waals surface area (Å²) in [6.45, 7) is 0. The summed E-state index contributed by atoms with van der Waals surface area (Å²) in [5, 5.41) is 12.6. The summed E-state index contributed by atoms with van der Waals surface area (Å²) >= 11 is 12.6. The minimum atomic E-state index is -1.19. The van der Waals surface area contributed by atoms with Crippen molar-refractivity contribution in [3.8, 4) is 5.75 Å². The van der Waals surface area contributed by atoms with E-state index in [-0.39, 0.29) is 0 Å². The van der Waals surface area contributed by atoms with Crippen LogP contribution in [-0.2, 0) is 14.3 Å². The van der Waals surface area contributed by atoms with Crippen LogP contribution in [0.5, 0.6) is 5.75 Å². The molecular formula is C18H15Cl2NO5. The number of benzene rings is 2. The lowest BCUT2D eigenvalue weighted by molar-refractivity contribution is -0.146. The third-order valence-corrected chi connectivity index (χ3v) is 4.64. The van der Waals surface area contributed by atoms with E-state index in [1.165, 1.54) is 7.11 Å². The highest BCUT2D eigenvalue weighted by atomic mass is 35.5. The van der Waals surface area contributed by atoms with Crippen LogP contribution in [0.25, 0.3) is 0 Å². The van der Waals surface area contributed by atoms with Gasteiger partial charge in [0.25, 0.3) is 5.91 Å². The molecule has 136 valence electrons. The van der Waals surface area contributed by atoms with Gasteiger partial charge in [0.1, 0.15) is 18.0 Å². The maximum atomic E-state index is 12.4. The van der Waals surface area contributed by atoms with Crippen molar-refractivity contribution in [1.29, 1.82) is 0 Å². The third kappa shape index (κ3) is 3.62. The minimum Gasteiger partial charge on any atom is -0.495 e. The molecule has 0 unspecified atom stereocenters. The first-order valence-electron chi connectivity index (χ1n) is 7.70. The van der Waals surface area contributed by atoms with Crippen molar-refractivity contribution < 1.29 is 24.2 Å². The van der Waals surface area contributed by atoms with Gasteiger partial charge in [-0.05, 0) is 24.3 Å². The Labute approximate surface area is 159 Å². The smallest absolute Gasteiger partial charge is 0.306 e. The van der Waals surface area contributed by atoms with E-state index < -0.39 is 30.5 Å². The molecule has 0 saturated carbocycles. The molecule has 0 spiro atoms. The predicted molar refractivity (Wildman–Crippen MR) is 97.1 cm³/mol. The van der Waals surface area contributed by atoms with Crippen LogP contribution in [0.3, 0.4) is 0 Å². The zero-order chi connectivity index (χ0) is 18.8. The number of fused-ring (bicyclic) bond motifs is 1. The van der Waals surface area contributed by atoms with Gasteiger partial charge in [-0.15, -0.1) is 0 Å². The van der Waals surface area contributed by atoms with E-state index in [2.05, 4.69) is 5.32 Å². The summed E-state index contributed by atoms with van der Waals surface area (Å²) in [6, 6.07) is 10.1. The number of methoxy groups -OCH3 is 1. The number of carboxylic acids is 1. The summed E-state index contributed by atoms with van der Waals surface area (Å²) < 4.78 is 11.1. The first kappa shape index (κ1) is 18.5. The summed E-state index contributed by atoms with van der Waals surface area (Å²) in [7, 11) is 1.49. The zero-order valence-corrected chi connectivity index (χ0v) is 15.2. The lowest BCUT2D eigenvalue weighted by Gasteiger charge is -2.22. The average Bonchev–Trinajstić information content (AvgIpc) is 2.72. The van der Waals surface area contributed by atoms with Gasteiger partial charge in [0.05, 0.1) is 18.6 Å². The highest BCUT2D eigenvalue weighted by Crippen LogP contribution is 2.42. The monoisotopic (exact) mass is 395 g/mol. The molecule has 1 aliphatic rings. The van der Waals surface area contributed by atoms with E-state index in [4.69, 9.17) is 37.8 Å². The number of ether oxygens (including phenoxy) is 2. The van der Waals surface area contributed by atoms with Gasteiger partial charge in [-0.1, -0.05) is 35.3 Å². The number of carbonyl (C=O) groups excluding carboxylic acids is 1. The normalized spacial score (nSPS) is 19.3. The Balaban J connectivity index is 2.15. The molecule has 0 bridgehead atoms. The van der Waals surface area contributed by atoms with Gasteiger partial charge in [0.15, 0.2) is 0 Å². The van der Waals surface area contributed by atoms with Crippen LogP contribution < -0.4 is 10.1 Å². The van der Waals surface area contributed by atoms with Gasteiger partial charge in [-0.25, -0.2) is 0 Å². The molecule has 26 heavy (non-hydrogen) atoms. The Morgan fingerprint density at radius 3 is 2.73 bits per heavy atom. The molecule has 1 amide bonds. The molecule has 0 aromatic heterocycles. The summed E-state index contributed by atoms with van der Waals surface area (Å²) in [5.41, 5.74) is 1.60. The number of rotatable bonds is 4. The lowest BCUT2D eigenvalue weighted by Crippen LogP contribution is -2.31. The van der Waals surface area contributed by atoms with Gasteiger partial charge in [-0.2, -0.15) is 0 Å². The van der Waals surface area contributed by atoms with Crippen LogP contribution in [0.4, 0.5) is 5.69 Å². The van der Waals surface area contributed by atoms with Crippen LogP contribution in [0.2, 0.25) is 10.0 Å². The predicted octanol–water partition coefficient (Wildman–Crippen LogP) is 3.90. The fourth-order valence-electron chi connectivity index (χ4n) is 2.81. The first-order chi connectivity index (χ1) is 12.4. The highest BCUT2D eigenvalue weighted by molar-refractivity contribution is 6.33. The summed E-state index contributed by atoms with van der Waals surface area (Å²) in [6.07, 6.45) is -2.47. The average molecular weight is 396 g/mol. The van der Waals surface area contributed by atoms with Crippen molar-refractivity contribution in [3.63, 3.8) is 0 Å². The van der Waals surface area contributed by atoms with E-state index >= 15 is 0 Å². The van der Waals surface area contributed by atoms with Gasteiger partial charge in [0.2, 0.25) is 0 Å². The number of carboxylic acid groups (broad SMARTS) is 1. The van der Waals surface area contributed by atoms with Crippen molar-refractivity contribution in [1.82, 2.24) is 0 Å². The first-order valence-corrected chi connectivity index (χ1v) is 8.46. The molecule has 2 N–H and O–H groups in total. The Bertz CT molecular complexity index is 871. The van der Waals surface area contributed by atoms with Crippen LogP contribution in [0.15, 0.2) is 36.4 Å². The van der Waals surface area contributed by atoms with E-state index in [0.29, 0.717) is 32.6 Å². The third-order valence-electron chi connectivity index (χ3n) is 4.00. The van der Waals surface area contributed by atoms with E-state index in [0.717, 1.165) is 0 Å². The molecule has 0 aliphatic carbocycles. The Kier molecular flexibility index (Phi) is 5.36. The molecule has 2 aromatic carbocycles. The molecule has 8 heteroatoms. The second-order valence-electron chi connectivity index (χ2n) is 5.69. The number of nitrogens with one attached hydrogen (secondary N) is 1. The minimum absolute atomic E-state index is 0.314. The summed E-state index contributed by atoms with van der Waals surface area (Å²) in [4.78, 5) is 23.5. The number of anilines is 1. The van der Waals surface area contributed by atoms with Crippen LogP contribution >= 0.6 is 23.2 Å². The fraction of sp³-hybridized carbons (Fsp3) is 0.222. The maximum Gasteiger partial charge on any atom is 0.306 e. The standard InChI is InChI=1S/C18H15Cl2NO5/c1-25-13-4-2-3-10(16(13)20)17-11-7-9(19)5-6-12(11)21-18(24)14(26-17)8-15(22)23/h2-7,14,17H,8H2,1H3,(H,21,24)(H,22,23)/t14-,17-/m1/s1. The Morgan fingerprint density at radius 2 is 2.04 bits per heavy atom. The number of aliphatic carboxylic acids is 1. The molecule has 3 rings (SSSR count). The SMILES string of the molecule is COc1cccc([C@H]2O[C@H](CC(=O)O)C(=O)Nc3ccc(Cl)cc32)c1Cl. The lowest BCUT2D eigenvalue weighted by atomic mass is 9.99. The van der Waals surface area contributed by atoms with Crippen molar-refractivity contribution in [2.24, 2.45) is 0 Å². The van der Waals surface area contributed by atoms with Crippen molar-refractivity contribution in [2.45, 2.75) is 18.6 Å². The van der Waals surface area contributed by atoms with Gasteiger partial charge >= 0.3 is 5.97 Å². The van der Waals surface area contributed by atoms with Crippen LogP contribution in [0.1, 0.15) is 23.7 Å². The van der Waals surface area contributed by atoms with E-state index in [1.54, 1.807) is 36.4 Å². The Hall–Kier alpha value is -2.28. The van der Waals surface area contributed by atoms with Crippen molar-refractivity contribution >= 4 is 40.8 Å². The number of halogens is 2. The Morgan fingerprint density at radius 1 is 1.27 bits per heavy atom. The fourth-order valence-corrected chi connectivity index (χ4v) is 3.29. The number of carbonyl (C=O) groups is 2. The molecule has 0 saturated heterocycles. The number of hydrogen-bond donors (Lipinski definition) is 2. The zero-order valence-electron chi connectivity index (χ0n) is 13.7. The molecule has 0 fully saturated rings. The number of hydrogen-bond acceptors (Lipinski definition) is 4. The quantitative estimate of drug-likeness (QED) is 0.819. The second-order valence-corrected chi connectivity index (χ2v) is 6.50. The van der Waals surface area contributed by atoms with Crippen molar-refractivity contribution in [2.75, 3.05) is 12.4 Å². The molecule has 2 atom stereocenters.